The number of aryl methyl sites for hydroxylation is 1. The van der Waals surface area contributed by atoms with Gasteiger partial charge in [0.05, 0.1) is 0 Å². The first kappa shape index (κ1) is 11.5. The number of hydrogen-bond donors (Lipinski definition) is 1. The van der Waals surface area contributed by atoms with Crippen molar-refractivity contribution >= 4 is 11.8 Å². The molecule has 1 aromatic heterocycles. The molecule has 1 rings (SSSR count). The molecule has 0 unspecified atom stereocenters. The highest BCUT2D eigenvalue weighted by molar-refractivity contribution is 5.73. The zero-order valence-corrected chi connectivity index (χ0v) is 9.27. The molecule has 0 aliphatic heterocycles. The lowest BCUT2D eigenvalue weighted by molar-refractivity contribution is -0.135. The topological polar surface area (TPSA) is 53.4 Å². The Morgan fingerprint density at radius 1 is 1.53 bits per heavy atom. The van der Waals surface area contributed by atoms with E-state index in [1.54, 1.807) is 11.1 Å². The van der Waals surface area contributed by atoms with Crippen molar-refractivity contribution in [2.75, 3.05) is 11.4 Å². The van der Waals surface area contributed by atoms with E-state index in [0.717, 1.165) is 5.56 Å². The lowest BCUT2D eigenvalue weighted by Gasteiger charge is -2.25. The van der Waals surface area contributed by atoms with E-state index in [1.165, 1.54) is 0 Å². The van der Waals surface area contributed by atoms with Crippen molar-refractivity contribution in [1.29, 1.82) is 0 Å². The number of pyridine rings is 1. The molecule has 0 spiro atoms. The Balaban J connectivity index is 2.88. The van der Waals surface area contributed by atoms with Gasteiger partial charge in [0.1, 0.15) is 12.4 Å². The maximum absolute atomic E-state index is 10.7. The normalized spacial score (nSPS) is 10.4. The van der Waals surface area contributed by atoms with E-state index in [1.807, 2.05) is 32.9 Å². The number of carbonyl (C=O) groups is 1. The van der Waals surface area contributed by atoms with Crippen molar-refractivity contribution in [3.8, 4) is 0 Å². The summed E-state index contributed by atoms with van der Waals surface area (Å²) in [5, 5.41) is 8.78. The lowest BCUT2D eigenvalue weighted by Crippen LogP contribution is -2.36. The number of carboxylic acid groups (broad SMARTS) is 1. The van der Waals surface area contributed by atoms with Crippen LogP contribution in [0.15, 0.2) is 18.3 Å². The van der Waals surface area contributed by atoms with Gasteiger partial charge in [-0.25, -0.2) is 4.98 Å². The molecule has 0 fully saturated rings. The third-order valence-corrected chi connectivity index (χ3v) is 2.12. The van der Waals surface area contributed by atoms with Crippen LogP contribution < -0.4 is 4.90 Å². The number of aromatic nitrogens is 1. The fourth-order valence-corrected chi connectivity index (χ4v) is 1.30. The van der Waals surface area contributed by atoms with E-state index in [2.05, 4.69) is 4.98 Å². The lowest BCUT2D eigenvalue weighted by atomic mass is 10.2. The van der Waals surface area contributed by atoms with Crippen molar-refractivity contribution in [2.45, 2.75) is 26.8 Å². The minimum absolute atomic E-state index is 0.0201. The predicted molar refractivity (Wildman–Crippen MR) is 59.1 cm³/mol. The van der Waals surface area contributed by atoms with Crippen LogP contribution in [0.4, 0.5) is 5.82 Å². The number of anilines is 1. The zero-order chi connectivity index (χ0) is 11.4. The summed E-state index contributed by atoms with van der Waals surface area (Å²) >= 11 is 0. The zero-order valence-electron chi connectivity index (χ0n) is 9.27. The SMILES string of the molecule is Cc1ccc(N(CC(=O)O)C(C)C)nc1. The average molecular weight is 208 g/mol. The van der Waals surface area contributed by atoms with Gasteiger partial charge in [0.2, 0.25) is 0 Å². The Morgan fingerprint density at radius 3 is 2.60 bits per heavy atom. The molecular weight excluding hydrogens is 192 g/mol. The minimum Gasteiger partial charge on any atom is -0.480 e. The molecule has 1 aromatic rings. The van der Waals surface area contributed by atoms with E-state index in [9.17, 15) is 4.79 Å². The summed E-state index contributed by atoms with van der Waals surface area (Å²) in [6.07, 6.45) is 1.74. The Morgan fingerprint density at radius 2 is 2.20 bits per heavy atom. The highest BCUT2D eigenvalue weighted by atomic mass is 16.4. The molecule has 0 saturated heterocycles. The quantitative estimate of drug-likeness (QED) is 0.818. The van der Waals surface area contributed by atoms with Gasteiger partial charge in [-0.3, -0.25) is 4.79 Å². The molecule has 4 nitrogen and oxygen atoms in total. The molecule has 4 heteroatoms. The molecule has 0 bridgehead atoms. The molecule has 0 saturated carbocycles. The highest BCUT2D eigenvalue weighted by Gasteiger charge is 2.14. The average Bonchev–Trinajstić information content (AvgIpc) is 2.15. The Labute approximate surface area is 89.6 Å². The van der Waals surface area contributed by atoms with E-state index >= 15 is 0 Å². The van der Waals surface area contributed by atoms with Crippen molar-refractivity contribution in [1.82, 2.24) is 4.98 Å². The Kier molecular flexibility index (Phi) is 3.66. The van der Waals surface area contributed by atoms with E-state index < -0.39 is 5.97 Å². The second kappa shape index (κ2) is 4.77. The van der Waals surface area contributed by atoms with Crippen LogP contribution in [0.1, 0.15) is 19.4 Å². The molecule has 0 aromatic carbocycles. The second-order valence-electron chi connectivity index (χ2n) is 3.81. The van der Waals surface area contributed by atoms with Crippen LogP contribution in [0, 0.1) is 6.92 Å². The highest BCUT2D eigenvalue weighted by Crippen LogP contribution is 2.13. The summed E-state index contributed by atoms with van der Waals surface area (Å²) in [5.41, 5.74) is 1.07. The summed E-state index contributed by atoms with van der Waals surface area (Å²) < 4.78 is 0. The third-order valence-electron chi connectivity index (χ3n) is 2.12. The first-order valence-corrected chi connectivity index (χ1v) is 4.92. The fourth-order valence-electron chi connectivity index (χ4n) is 1.30. The maximum atomic E-state index is 10.7. The van der Waals surface area contributed by atoms with Crippen molar-refractivity contribution in [3.05, 3.63) is 23.9 Å². The van der Waals surface area contributed by atoms with Gasteiger partial charge in [-0.1, -0.05) is 6.07 Å². The van der Waals surface area contributed by atoms with Gasteiger partial charge in [-0.2, -0.15) is 0 Å². The first-order valence-electron chi connectivity index (χ1n) is 4.92. The van der Waals surface area contributed by atoms with Crippen molar-refractivity contribution in [2.24, 2.45) is 0 Å². The van der Waals surface area contributed by atoms with Crippen LogP contribution in [0.5, 0.6) is 0 Å². The van der Waals surface area contributed by atoms with Crippen LogP contribution in [0.2, 0.25) is 0 Å². The first-order chi connectivity index (χ1) is 7.00. The van der Waals surface area contributed by atoms with Gasteiger partial charge < -0.3 is 10.0 Å². The summed E-state index contributed by atoms with van der Waals surface area (Å²) in [7, 11) is 0. The van der Waals surface area contributed by atoms with Gasteiger partial charge in [0, 0.05) is 12.2 Å². The Bertz CT molecular complexity index is 333. The van der Waals surface area contributed by atoms with Crippen LogP contribution in [-0.4, -0.2) is 28.6 Å². The smallest absolute Gasteiger partial charge is 0.323 e. The molecule has 0 atom stereocenters. The molecule has 1 heterocycles. The van der Waals surface area contributed by atoms with E-state index in [-0.39, 0.29) is 12.6 Å². The summed E-state index contributed by atoms with van der Waals surface area (Å²) in [6, 6.07) is 3.90. The van der Waals surface area contributed by atoms with Crippen LogP contribution >= 0.6 is 0 Å². The number of nitrogens with zero attached hydrogens (tertiary/aromatic N) is 2. The number of carboxylic acids is 1. The fraction of sp³-hybridized carbons (Fsp3) is 0.455. The van der Waals surface area contributed by atoms with Gasteiger partial charge in [0.15, 0.2) is 0 Å². The molecule has 0 aliphatic rings. The number of aliphatic carboxylic acids is 1. The molecule has 82 valence electrons. The van der Waals surface area contributed by atoms with Gasteiger partial charge in [0.25, 0.3) is 0 Å². The molecule has 0 amide bonds. The van der Waals surface area contributed by atoms with Gasteiger partial charge in [-0.15, -0.1) is 0 Å². The van der Waals surface area contributed by atoms with Crippen molar-refractivity contribution < 1.29 is 9.90 Å². The summed E-state index contributed by atoms with van der Waals surface area (Å²) in [5.74, 6) is -0.135. The van der Waals surface area contributed by atoms with Gasteiger partial charge in [-0.05, 0) is 32.4 Å². The standard InChI is InChI=1S/C11H16N2O2/c1-8(2)13(7-11(14)15)10-5-4-9(3)6-12-10/h4-6,8H,7H2,1-3H3,(H,14,15). The molecular formula is C11H16N2O2. The second-order valence-corrected chi connectivity index (χ2v) is 3.81. The monoisotopic (exact) mass is 208 g/mol. The van der Waals surface area contributed by atoms with Gasteiger partial charge >= 0.3 is 5.97 Å². The summed E-state index contributed by atoms with van der Waals surface area (Å²) in [4.78, 5) is 16.7. The van der Waals surface area contributed by atoms with Crippen LogP contribution in [0.3, 0.4) is 0 Å². The third kappa shape index (κ3) is 3.23. The predicted octanol–water partition coefficient (Wildman–Crippen LogP) is 1.69. The summed E-state index contributed by atoms with van der Waals surface area (Å²) in [6.45, 7) is 5.83. The molecule has 1 N–H and O–H groups in total. The Hall–Kier alpha value is -1.58. The van der Waals surface area contributed by atoms with E-state index in [0.29, 0.717) is 5.82 Å². The van der Waals surface area contributed by atoms with Crippen LogP contribution in [-0.2, 0) is 4.79 Å². The van der Waals surface area contributed by atoms with Crippen LogP contribution in [0.25, 0.3) is 0 Å². The molecule has 15 heavy (non-hydrogen) atoms. The minimum atomic E-state index is -0.842. The van der Waals surface area contributed by atoms with Crippen molar-refractivity contribution in [3.63, 3.8) is 0 Å². The molecule has 0 radical (unpaired) electrons. The van der Waals surface area contributed by atoms with E-state index in [4.69, 9.17) is 5.11 Å². The number of rotatable bonds is 4. The number of hydrogen-bond acceptors (Lipinski definition) is 3. The largest absolute Gasteiger partial charge is 0.480 e. The molecule has 0 aliphatic carbocycles. The maximum Gasteiger partial charge on any atom is 0.323 e.